The van der Waals surface area contributed by atoms with Crippen molar-refractivity contribution in [3.63, 3.8) is 0 Å². The van der Waals surface area contributed by atoms with Crippen molar-refractivity contribution in [2.24, 2.45) is 0 Å². The molecule has 0 aliphatic carbocycles. The SMILES string of the molecule is COc1ccc(OCCN(C)S(=O)(=O)c2ccn[nH]2)cc1. The highest BCUT2D eigenvalue weighted by atomic mass is 32.2. The number of nitrogens with one attached hydrogen (secondary N) is 1. The molecule has 7 nitrogen and oxygen atoms in total. The zero-order valence-electron chi connectivity index (χ0n) is 11.8. The molecule has 0 fully saturated rings. The third-order valence-corrected chi connectivity index (χ3v) is 4.68. The van der Waals surface area contributed by atoms with E-state index < -0.39 is 10.0 Å². The summed E-state index contributed by atoms with van der Waals surface area (Å²) in [6.45, 7) is 0.476. The third-order valence-electron chi connectivity index (χ3n) is 2.90. The van der Waals surface area contributed by atoms with Gasteiger partial charge in [-0.1, -0.05) is 0 Å². The highest BCUT2D eigenvalue weighted by Crippen LogP contribution is 2.17. The van der Waals surface area contributed by atoms with Crippen LogP contribution in [0.4, 0.5) is 0 Å². The Morgan fingerprint density at radius 1 is 1.19 bits per heavy atom. The summed E-state index contributed by atoms with van der Waals surface area (Å²) in [5.41, 5.74) is 0. The van der Waals surface area contributed by atoms with Crippen LogP contribution in [-0.4, -0.2) is 50.2 Å². The summed E-state index contributed by atoms with van der Waals surface area (Å²) in [4.78, 5) is 0. The molecule has 0 saturated carbocycles. The Kier molecular flexibility index (Phi) is 4.81. The van der Waals surface area contributed by atoms with Gasteiger partial charge in [0.25, 0.3) is 10.0 Å². The lowest BCUT2D eigenvalue weighted by Gasteiger charge is -2.16. The molecule has 114 valence electrons. The van der Waals surface area contributed by atoms with Gasteiger partial charge in [-0.05, 0) is 30.3 Å². The average Bonchev–Trinajstić information content (AvgIpc) is 3.02. The van der Waals surface area contributed by atoms with E-state index >= 15 is 0 Å². The van der Waals surface area contributed by atoms with Crippen molar-refractivity contribution in [1.82, 2.24) is 14.5 Å². The molecule has 21 heavy (non-hydrogen) atoms. The summed E-state index contributed by atoms with van der Waals surface area (Å²) in [5, 5.41) is 6.15. The summed E-state index contributed by atoms with van der Waals surface area (Å²) in [6, 6.07) is 8.50. The molecule has 0 bridgehead atoms. The van der Waals surface area contributed by atoms with Crippen LogP contribution in [0.1, 0.15) is 0 Å². The van der Waals surface area contributed by atoms with Gasteiger partial charge < -0.3 is 9.47 Å². The summed E-state index contributed by atoms with van der Waals surface area (Å²) < 4.78 is 36.0. The molecule has 8 heteroatoms. The molecule has 0 atom stereocenters. The number of likely N-dealkylation sites (N-methyl/N-ethyl adjacent to an activating group) is 1. The lowest BCUT2D eigenvalue weighted by molar-refractivity contribution is 0.286. The monoisotopic (exact) mass is 311 g/mol. The molecule has 0 spiro atoms. The molecule has 1 aromatic carbocycles. The molecule has 1 N–H and O–H groups in total. The fourth-order valence-corrected chi connectivity index (χ4v) is 2.69. The first kappa shape index (κ1) is 15.3. The normalized spacial score (nSPS) is 11.6. The number of hydrogen-bond donors (Lipinski definition) is 1. The van der Waals surface area contributed by atoms with Gasteiger partial charge in [0.15, 0.2) is 5.03 Å². The summed E-state index contributed by atoms with van der Waals surface area (Å²) >= 11 is 0. The minimum atomic E-state index is -3.55. The fraction of sp³-hybridized carbons (Fsp3) is 0.308. The van der Waals surface area contributed by atoms with Crippen LogP contribution in [0.15, 0.2) is 41.6 Å². The molecule has 2 rings (SSSR count). The van der Waals surface area contributed by atoms with E-state index in [0.29, 0.717) is 5.75 Å². The summed E-state index contributed by atoms with van der Waals surface area (Å²) in [5.74, 6) is 1.39. The summed E-state index contributed by atoms with van der Waals surface area (Å²) in [6.07, 6.45) is 1.40. The van der Waals surface area contributed by atoms with Crippen molar-refractivity contribution in [3.05, 3.63) is 36.5 Å². The Bertz CT molecular complexity index is 653. The first-order chi connectivity index (χ1) is 10.0. The number of nitrogens with zero attached hydrogens (tertiary/aromatic N) is 2. The molecule has 0 aliphatic heterocycles. The molecular weight excluding hydrogens is 294 g/mol. The first-order valence-electron chi connectivity index (χ1n) is 6.26. The Balaban J connectivity index is 1.88. The van der Waals surface area contributed by atoms with E-state index in [1.165, 1.54) is 23.6 Å². The van der Waals surface area contributed by atoms with Gasteiger partial charge in [0.2, 0.25) is 0 Å². The number of benzene rings is 1. The van der Waals surface area contributed by atoms with Crippen molar-refractivity contribution < 1.29 is 17.9 Å². The minimum Gasteiger partial charge on any atom is -0.497 e. The number of ether oxygens (including phenoxy) is 2. The molecule has 0 aliphatic rings. The second-order valence-electron chi connectivity index (χ2n) is 4.27. The molecule has 1 aromatic heterocycles. The number of hydrogen-bond acceptors (Lipinski definition) is 5. The van der Waals surface area contributed by atoms with E-state index in [4.69, 9.17) is 9.47 Å². The van der Waals surface area contributed by atoms with Crippen LogP contribution in [0.2, 0.25) is 0 Å². The van der Waals surface area contributed by atoms with Crippen LogP contribution in [0, 0.1) is 0 Å². The van der Waals surface area contributed by atoms with Gasteiger partial charge in [-0.15, -0.1) is 0 Å². The van der Waals surface area contributed by atoms with Gasteiger partial charge in [-0.3, -0.25) is 5.10 Å². The smallest absolute Gasteiger partial charge is 0.259 e. The van der Waals surface area contributed by atoms with E-state index in [1.807, 2.05) is 0 Å². The van der Waals surface area contributed by atoms with Crippen molar-refractivity contribution in [2.45, 2.75) is 5.03 Å². The maximum Gasteiger partial charge on any atom is 0.259 e. The number of methoxy groups -OCH3 is 1. The number of aromatic amines is 1. The highest BCUT2D eigenvalue weighted by Gasteiger charge is 2.21. The molecule has 1 heterocycles. The van der Waals surface area contributed by atoms with Gasteiger partial charge >= 0.3 is 0 Å². The summed E-state index contributed by atoms with van der Waals surface area (Å²) in [7, 11) is -0.463. The van der Waals surface area contributed by atoms with Crippen molar-refractivity contribution >= 4 is 10.0 Å². The van der Waals surface area contributed by atoms with E-state index in [1.54, 1.807) is 31.4 Å². The predicted molar refractivity (Wildman–Crippen MR) is 76.9 cm³/mol. The van der Waals surface area contributed by atoms with Gasteiger partial charge in [-0.2, -0.15) is 9.40 Å². The standard InChI is InChI=1S/C13H17N3O4S/c1-16(21(17,18)13-7-8-14-15-13)9-10-20-12-5-3-11(19-2)4-6-12/h3-8H,9-10H2,1-2H3,(H,14,15). The van der Waals surface area contributed by atoms with E-state index in [2.05, 4.69) is 10.2 Å². The second-order valence-corrected chi connectivity index (χ2v) is 6.28. The average molecular weight is 311 g/mol. The van der Waals surface area contributed by atoms with Crippen molar-refractivity contribution in [3.8, 4) is 11.5 Å². The van der Waals surface area contributed by atoms with Crippen LogP contribution < -0.4 is 9.47 Å². The Hall–Kier alpha value is -2.06. The predicted octanol–water partition coefficient (Wildman–Crippen LogP) is 1.12. The molecular formula is C13H17N3O4S. The molecule has 0 unspecified atom stereocenters. The van der Waals surface area contributed by atoms with Crippen LogP contribution in [0.3, 0.4) is 0 Å². The van der Waals surface area contributed by atoms with Crippen LogP contribution in [0.25, 0.3) is 0 Å². The van der Waals surface area contributed by atoms with Gasteiger partial charge in [0, 0.05) is 13.6 Å². The van der Waals surface area contributed by atoms with Crippen LogP contribution in [0.5, 0.6) is 11.5 Å². The largest absolute Gasteiger partial charge is 0.497 e. The lowest BCUT2D eigenvalue weighted by Crippen LogP contribution is -2.31. The van der Waals surface area contributed by atoms with E-state index in [-0.39, 0.29) is 18.2 Å². The van der Waals surface area contributed by atoms with Crippen LogP contribution in [-0.2, 0) is 10.0 Å². The highest BCUT2D eigenvalue weighted by molar-refractivity contribution is 7.89. The van der Waals surface area contributed by atoms with E-state index in [9.17, 15) is 8.42 Å². The Morgan fingerprint density at radius 2 is 1.86 bits per heavy atom. The van der Waals surface area contributed by atoms with E-state index in [0.717, 1.165) is 5.75 Å². The van der Waals surface area contributed by atoms with Gasteiger partial charge in [-0.25, -0.2) is 8.42 Å². The number of H-pyrrole nitrogens is 1. The van der Waals surface area contributed by atoms with Gasteiger partial charge in [0.1, 0.15) is 18.1 Å². The molecule has 0 saturated heterocycles. The first-order valence-corrected chi connectivity index (χ1v) is 7.70. The molecule has 2 aromatic rings. The third kappa shape index (κ3) is 3.73. The number of rotatable bonds is 7. The zero-order chi connectivity index (χ0) is 15.3. The number of aromatic nitrogens is 2. The maximum atomic E-state index is 12.1. The fourth-order valence-electron chi connectivity index (χ4n) is 1.64. The maximum absolute atomic E-state index is 12.1. The molecule has 0 radical (unpaired) electrons. The van der Waals surface area contributed by atoms with Gasteiger partial charge in [0.05, 0.1) is 13.3 Å². The van der Waals surface area contributed by atoms with Crippen molar-refractivity contribution in [1.29, 1.82) is 0 Å². The second kappa shape index (κ2) is 6.59. The molecule has 0 amide bonds. The van der Waals surface area contributed by atoms with Crippen molar-refractivity contribution in [2.75, 3.05) is 27.3 Å². The lowest BCUT2D eigenvalue weighted by atomic mass is 10.3. The Morgan fingerprint density at radius 3 is 2.43 bits per heavy atom. The zero-order valence-corrected chi connectivity index (χ0v) is 12.6. The Labute approximate surface area is 123 Å². The van der Waals surface area contributed by atoms with Crippen LogP contribution >= 0.6 is 0 Å². The minimum absolute atomic E-state index is 0.0643. The number of sulfonamides is 1. The quantitative estimate of drug-likeness (QED) is 0.828. The topological polar surface area (TPSA) is 84.5 Å².